The molecule has 1 saturated heterocycles. The highest BCUT2D eigenvalue weighted by atomic mass is 16.7. The SMILES string of the molecule is CCCCCCCCCCCCCCCC(=O)O[C@H]1[C@H](O)[C@@H](O)C(O)O[C@@H]1CO. The minimum atomic E-state index is -1.61. The second kappa shape index (κ2) is 16.0. The molecule has 0 saturated carbocycles. The number of carbonyl (C=O) groups excluding carboxylic acids is 1. The van der Waals surface area contributed by atoms with Gasteiger partial charge in [0.05, 0.1) is 6.61 Å². The summed E-state index contributed by atoms with van der Waals surface area (Å²) in [6.07, 6.45) is 9.13. The highest BCUT2D eigenvalue weighted by Crippen LogP contribution is 2.23. The first-order valence-electron chi connectivity index (χ1n) is 11.5. The molecule has 1 rings (SSSR count). The Kier molecular flexibility index (Phi) is 14.5. The minimum Gasteiger partial charge on any atom is -0.457 e. The largest absolute Gasteiger partial charge is 0.457 e. The number of unbranched alkanes of at least 4 members (excludes halogenated alkanes) is 12. The van der Waals surface area contributed by atoms with E-state index in [0.29, 0.717) is 6.42 Å². The molecule has 0 aliphatic carbocycles. The molecule has 1 aliphatic rings. The number of ether oxygens (including phenoxy) is 2. The van der Waals surface area contributed by atoms with Crippen molar-refractivity contribution in [3.05, 3.63) is 0 Å². The van der Waals surface area contributed by atoms with Crippen LogP contribution in [0.4, 0.5) is 0 Å². The molecule has 0 spiro atoms. The Labute approximate surface area is 175 Å². The molecule has 0 aromatic heterocycles. The third kappa shape index (κ3) is 10.7. The summed E-state index contributed by atoms with van der Waals surface area (Å²) in [4.78, 5) is 12.0. The summed E-state index contributed by atoms with van der Waals surface area (Å²) in [6, 6.07) is 0. The van der Waals surface area contributed by atoms with Crippen LogP contribution < -0.4 is 0 Å². The van der Waals surface area contributed by atoms with E-state index >= 15 is 0 Å². The van der Waals surface area contributed by atoms with Gasteiger partial charge in [-0.1, -0.05) is 84.0 Å². The van der Waals surface area contributed by atoms with E-state index in [-0.39, 0.29) is 6.42 Å². The van der Waals surface area contributed by atoms with Crippen molar-refractivity contribution in [3.8, 4) is 0 Å². The first kappa shape index (κ1) is 26.3. The van der Waals surface area contributed by atoms with E-state index in [0.717, 1.165) is 12.8 Å². The van der Waals surface area contributed by atoms with Crippen LogP contribution in [0.1, 0.15) is 96.8 Å². The van der Waals surface area contributed by atoms with E-state index in [1.54, 1.807) is 0 Å². The Morgan fingerprint density at radius 3 is 1.76 bits per heavy atom. The second-order valence-electron chi connectivity index (χ2n) is 8.18. The highest BCUT2D eigenvalue weighted by Gasteiger charge is 2.45. The van der Waals surface area contributed by atoms with Crippen molar-refractivity contribution in [2.75, 3.05) is 6.61 Å². The van der Waals surface area contributed by atoms with Gasteiger partial charge in [0, 0.05) is 6.42 Å². The van der Waals surface area contributed by atoms with Crippen molar-refractivity contribution in [3.63, 3.8) is 0 Å². The van der Waals surface area contributed by atoms with Crippen LogP contribution in [0.25, 0.3) is 0 Å². The van der Waals surface area contributed by atoms with E-state index in [2.05, 4.69) is 6.92 Å². The van der Waals surface area contributed by atoms with Crippen LogP contribution >= 0.6 is 0 Å². The summed E-state index contributed by atoms with van der Waals surface area (Å²) < 4.78 is 10.2. The molecule has 7 heteroatoms. The van der Waals surface area contributed by atoms with Crippen molar-refractivity contribution in [1.29, 1.82) is 0 Å². The first-order chi connectivity index (χ1) is 14.0. The van der Waals surface area contributed by atoms with E-state index in [4.69, 9.17) is 9.47 Å². The van der Waals surface area contributed by atoms with Gasteiger partial charge in [-0.2, -0.15) is 0 Å². The Morgan fingerprint density at radius 1 is 0.793 bits per heavy atom. The van der Waals surface area contributed by atoms with Crippen LogP contribution in [-0.2, 0) is 14.3 Å². The normalized spacial score (nSPS) is 27.1. The van der Waals surface area contributed by atoms with Crippen LogP contribution in [0, 0.1) is 0 Å². The van der Waals surface area contributed by atoms with Crippen molar-refractivity contribution in [2.45, 2.75) is 128 Å². The predicted molar refractivity (Wildman–Crippen MR) is 110 cm³/mol. The number of aliphatic hydroxyl groups is 4. The van der Waals surface area contributed by atoms with E-state index in [1.807, 2.05) is 0 Å². The Bertz CT molecular complexity index is 416. The van der Waals surface area contributed by atoms with Crippen LogP contribution in [-0.4, -0.2) is 63.7 Å². The van der Waals surface area contributed by atoms with Crippen molar-refractivity contribution >= 4 is 5.97 Å². The van der Waals surface area contributed by atoms with E-state index in [9.17, 15) is 25.2 Å². The first-order valence-corrected chi connectivity index (χ1v) is 11.5. The number of aliphatic hydroxyl groups excluding tert-OH is 4. The summed E-state index contributed by atoms with van der Waals surface area (Å²) in [5, 5.41) is 38.3. The summed E-state index contributed by atoms with van der Waals surface area (Å²) in [7, 11) is 0. The molecular weight excluding hydrogens is 376 g/mol. The molecule has 0 bridgehead atoms. The fourth-order valence-electron chi connectivity index (χ4n) is 3.71. The molecule has 1 heterocycles. The van der Waals surface area contributed by atoms with Gasteiger partial charge in [-0.25, -0.2) is 0 Å². The van der Waals surface area contributed by atoms with Gasteiger partial charge < -0.3 is 29.9 Å². The molecule has 4 N–H and O–H groups in total. The van der Waals surface area contributed by atoms with Crippen LogP contribution in [0.2, 0.25) is 0 Å². The molecule has 1 aliphatic heterocycles. The number of esters is 1. The number of carbonyl (C=O) groups is 1. The third-order valence-electron chi connectivity index (χ3n) is 5.59. The summed E-state index contributed by atoms with van der Waals surface area (Å²) in [6.45, 7) is 1.71. The maximum atomic E-state index is 12.0. The van der Waals surface area contributed by atoms with E-state index in [1.165, 1.54) is 64.2 Å². The van der Waals surface area contributed by atoms with Crippen molar-refractivity contribution in [2.24, 2.45) is 0 Å². The average molecular weight is 419 g/mol. The average Bonchev–Trinajstić information content (AvgIpc) is 2.71. The van der Waals surface area contributed by atoms with Gasteiger partial charge in [0.2, 0.25) is 0 Å². The van der Waals surface area contributed by atoms with E-state index < -0.39 is 43.3 Å². The molecule has 0 aromatic rings. The zero-order valence-electron chi connectivity index (χ0n) is 18.0. The standard InChI is InChI=1S/C22H42O7/c1-2-3-4-5-6-7-8-9-10-11-12-13-14-15-18(24)29-21-17(16-23)28-22(27)20(26)19(21)25/h17,19-23,25-27H,2-16H2,1H3/t17-,19-,20-,21-,22?/m1/s1. The lowest BCUT2D eigenvalue weighted by Crippen LogP contribution is -2.59. The van der Waals surface area contributed by atoms with Gasteiger partial charge in [0.25, 0.3) is 0 Å². The lowest BCUT2D eigenvalue weighted by molar-refractivity contribution is -0.289. The van der Waals surface area contributed by atoms with Crippen LogP contribution in [0.5, 0.6) is 0 Å². The molecule has 1 fully saturated rings. The van der Waals surface area contributed by atoms with Gasteiger partial charge in [0.1, 0.15) is 18.3 Å². The Morgan fingerprint density at radius 2 is 1.28 bits per heavy atom. The fraction of sp³-hybridized carbons (Fsp3) is 0.955. The minimum absolute atomic E-state index is 0.220. The smallest absolute Gasteiger partial charge is 0.306 e. The summed E-state index contributed by atoms with van der Waals surface area (Å²) in [5.41, 5.74) is 0. The van der Waals surface area contributed by atoms with Crippen LogP contribution in [0.3, 0.4) is 0 Å². The van der Waals surface area contributed by atoms with Gasteiger partial charge in [-0.3, -0.25) is 4.79 Å². The Hall–Kier alpha value is -0.730. The monoisotopic (exact) mass is 418 g/mol. The molecule has 7 nitrogen and oxygen atoms in total. The Balaban J connectivity index is 2.02. The van der Waals surface area contributed by atoms with Crippen molar-refractivity contribution < 1.29 is 34.7 Å². The molecule has 172 valence electrons. The maximum Gasteiger partial charge on any atom is 0.306 e. The molecule has 0 aromatic carbocycles. The summed E-state index contributed by atoms with van der Waals surface area (Å²) in [5.74, 6) is -0.497. The zero-order valence-corrected chi connectivity index (χ0v) is 18.0. The number of hydrogen-bond donors (Lipinski definition) is 4. The maximum absolute atomic E-state index is 12.0. The summed E-state index contributed by atoms with van der Waals surface area (Å²) >= 11 is 0. The molecule has 29 heavy (non-hydrogen) atoms. The molecule has 0 amide bonds. The topological polar surface area (TPSA) is 116 Å². The molecular formula is C22H42O7. The zero-order chi connectivity index (χ0) is 21.5. The quantitative estimate of drug-likeness (QED) is 0.225. The third-order valence-corrected chi connectivity index (χ3v) is 5.59. The van der Waals surface area contributed by atoms with Gasteiger partial charge in [-0.15, -0.1) is 0 Å². The lowest BCUT2D eigenvalue weighted by Gasteiger charge is -2.39. The number of rotatable bonds is 16. The second-order valence-corrected chi connectivity index (χ2v) is 8.18. The van der Waals surface area contributed by atoms with Crippen molar-refractivity contribution in [1.82, 2.24) is 0 Å². The fourth-order valence-corrected chi connectivity index (χ4v) is 3.71. The van der Waals surface area contributed by atoms with Gasteiger partial charge >= 0.3 is 5.97 Å². The highest BCUT2D eigenvalue weighted by molar-refractivity contribution is 5.69. The predicted octanol–water partition coefficient (Wildman–Crippen LogP) is 2.81. The van der Waals surface area contributed by atoms with Crippen LogP contribution in [0.15, 0.2) is 0 Å². The molecule has 1 unspecified atom stereocenters. The molecule has 0 radical (unpaired) electrons. The molecule has 5 atom stereocenters. The van der Waals surface area contributed by atoms with Gasteiger partial charge in [-0.05, 0) is 6.42 Å². The lowest BCUT2D eigenvalue weighted by atomic mass is 9.99. The number of hydrogen-bond acceptors (Lipinski definition) is 7. The van der Waals surface area contributed by atoms with Gasteiger partial charge in [0.15, 0.2) is 12.4 Å².